The molecule has 34 heavy (non-hydrogen) atoms. The third-order valence-electron chi connectivity index (χ3n) is 5.43. The summed E-state index contributed by atoms with van der Waals surface area (Å²) in [5.41, 5.74) is 3.38. The number of carbonyl (C=O) groups is 1. The number of rotatable bonds is 6. The van der Waals surface area contributed by atoms with E-state index < -0.39 is 0 Å². The Labute approximate surface area is 205 Å². The quantitative estimate of drug-likeness (QED) is 0.224. The molecule has 3 aromatic carbocycles. The maximum atomic E-state index is 13.3. The molecule has 0 aliphatic carbocycles. The van der Waals surface area contributed by atoms with Crippen LogP contribution in [0.4, 0.5) is 11.4 Å². The van der Waals surface area contributed by atoms with Crippen LogP contribution in [0.1, 0.15) is 5.56 Å². The van der Waals surface area contributed by atoms with E-state index in [-0.39, 0.29) is 17.2 Å². The van der Waals surface area contributed by atoms with Crippen molar-refractivity contribution in [3.63, 3.8) is 0 Å². The predicted octanol–water partition coefficient (Wildman–Crippen LogP) is 6.42. The smallest absolute Gasteiger partial charge is 0.260 e. The van der Waals surface area contributed by atoms with Crippen molar-refractivity contribution in [2.75, 3.05) is 10.7 Å². The summed E-state index contributed by atoms with van der Waals surface area (Å²) in [6.07, 6.45) is 0. The molecule has 2 aromatic heterocycles. The Hall–Kier alpha value is -3.68. The molecule has 0 saturated carbocycles. The molecule has 0 radical (unpaired) electrons. The van der Waals surface area contributed by atoms with E-state index in [0.717, 1.165) is 27.4 Å². The Balaban J connectivity index is 1.43. The SMILES string of the molecule is Cc1c(-c2ccccc2)sc2nc(SCC(=O)N(c3ccccc3)c3ccccc3)[nH]c(=O)c12. The summed E-state index contributed by atoms with van der Waals surface area (Å²) in [4.78, 5) is 37.1. The number of carbonyl (C=O) groups excluding carboxylic acids is 1. The van der Waals surface area contributed by atoms with Crippen molar-refractivity contribution in [1.29, 1.82) is 0 Å². The number of nitrogens with zero attached hydrogens (tertiary/aromatic N) is 2. The van der Waals surface area contributed by atoms with Gasteiger partial charge in [0.15, 0.2) is 5.16 Å². The van der Waals surface area contributed by atoms with E-state index in [1.165, 1.54) is 23.1 Å². The lowest BCUT2D eigenvalue weighted by atomic mass is 10.1. The van der Waals surface area contributed by atoms with Gasteiger partial charge in [-0.3, -0.25) is 14.5 Å². The Kier molecular flexibility index (Phi) is 6.29. The lowest BCUT2D eigenvalue weighted by Gasteiger charge is -2.22. The van der Waals surface area contributed by atoms with Gasteiger partial charge in [-0.05, 0) is 42.3 Å². The lowest BCUT2D eigenvalue weighted by molar-refractivity contribution is -0.115. The molecule has 5 aromatic rings. The van der Waals surface area contributed by atoms with Crippen LogP contribution in [0.2, 0.25) is 0 Å². The van der Waals surface area contributed by atoms with Gasteiger partial charge in [-0.25, -0.2) is 4.98 Å². The number of hydrogen-bond donors (Lipinski definition) is 1. The van der Waals surface area contributed by atoms with Crippen LogP contribution >= 0.6 is 23.1 Å². The molecule has 1 N–H and O–H groups in total. The van der Waals surface area contributed by atoms with Crippen molar-refractivity contribution in [2.45, 2.75) is 12.1 Å². The second-order valence-corrected chi connectivity index (χ2v) is 9.63. The Morgan fingerprint density at radius 1 is 0.912 bits per heavy atom. The standard InChI is InChI=1S/C27H21N3O2S2/c1-18-23-25(32)28-27(29-26(23)34-24(18)19-11-5-2-6-12-19)33-17-22(31)30(20-13-7-3-8-14-20)21-15-9-4-10-16-21/h2-16H,17H2,1H3,(H,28,29,32). The van der Waals surface area contributed by atoms with E-state index in [9.17, 15) is 9.59 Å². The predicted molar refractivity (Wildman–Crippen MR) is 141 cm³/mol. The number of aromatic amines is 1. The Morgan fingerprint density at radius 3 is 2.06 bits per heavy atom. The molecule has 0 aliphatic rings. The molecule has 7 heteroatoms. The number of amides is 1. The molecule has 0 aliphatic heterocycles. The highest BCUT2D eigenvalue weighted by Gasteiger charge is 2.20. The average molecular weight is 484 g/mol. The summed E-state index contributed by atoms with van der Waals surface area (Å²) in [7, 11) is 0. The number of aromatic nitrogens is 2. The van der Waals surface area contributed by atoms with E-state index in [1.807, 2.05) is 97.9 Å². The number of fused-ring (bicyclic) bond motifs is 1. The molecular formula is C27H21N3O2S2. The molecule has 0 atom stereocenters. The molecule has 0 bridgehead atoms. The number of thiophene rings is 1. The third kappa shape index (κ3) is 4.40. The van der Waals surface area contributed by atoms with E-state index >= 15 is 0 Å². The van der Waals surface area contributed by atoms with Gasteiger partial charge in [-0.2, -0.15) is 0 Å². The van der Waals surface area contributed by atoms with Crippen LogP contribution in [0, 0.1) is 6.92 Å². The molecule has 0 saturated heterocycles. The fourth-order valence-corrected chi connectivity index (χ4v) is 5.80. The summed E-state index contributed by atoms with van der Waals surface area (Å²) in [6.45, 7) is 1.95. The third-order valence-corrected chi connectivity index (χ3v) is 7.52. The highest BCUT2D eigenvalue weighted by Crippen LogP contribution is 2.36. The molecule has 168 valence electrons. The van der Waals surface area contributed by atoms with Gasteiger partial charge in [0, 0.05) is 16.3 Å². The van der Waals surface area contributed by atoms with E-state index in [0.29, 0.717) is 15.4 Å². The summed E-state index contributed by atoms with van der Waals surface area (Å²) in [5, 5.41) is 1.04. The van der Waals surface area contributed by atoms with Crippen molar-refractivity contribution in [2.24, 2.45) is 0 Å². The van der Waals surface area contributed by atoms with Crippen LogP contribution in [-0.4, -0.2) is 21.6 Å². The van der Waals surface area contributed by atoms with Gasteiger partial charge in [0.2, 0.25) is 5.91 Å². The topological polar surface area (TPSA) is 66.1 Å². The minimum atomic E-state index is -0.182. The van der Waals surface area contributed by atoms with Crippen molar-refractivity contribution >= 4 is 50.6 Å². The first-order valence-corrected chi connectivity index (χ1v) is 12.6. The number of aryl methyl sites for hydroxylation is 1. The number of H-pyrrole nitrogens is 1. The van der Waals surface area contributed by atoms with Crippen LogP contribution in [0.25, 0.3) is 20.7 Å². The van der Waals surface area contributed by atoms with Crippen LogP contribution in [-0.2, 0) is 4.79 Å². The van der Waals surface area contributed by atoms with Gasteiger partial charge in [0.1, 0.15) is 4.83 Å². The largest absolute Gasteiger partial charge is 0.301 e. The van der Waals surface area contributed by atoms with Crippen LogP contribution in [0.5, 0.6) is 0 Å². The fraction of sp³-hybridized carbons (Fsp3) is 0.0741. The van der Waals surface area contributed by atoms with Gasteiger partial charge >= 0.3 is 0 Å². The summed E-state index contributed by atoms with van der Waals surface area (Å²) >= 11 is 2.73. The molecule has 5 rings (SSSR count). The average Bonchev–Trinajstić information content (AvgIpc) is 3.21. The molecular weight excluding hydrogens is 462 g/mol. The molecule has 5 nitrogen and oxygen atoms in total. The van der Waals surface area contributed by atoms with Crippen molar-refractivity contribution in [3.8, 4) is 10.4 Å². The number of para-hydroxylation sites is 2. The fourth-order valence-electron chi connectivity index (χ4n) is 3.84. The first-order chi connectivity index (χ1) is 16.6. The maximum Gasteiger partial charge on any atom is 0.260 e. The monoisotopic (exact) mass is 483 g/mol. The zero-order valence-electron chi connectivity index (χ0n) is 18.4. The van der Waals surface area contributed by atoms with Gasteiger partial charge in [-0.1, -0.05) is 78.5 Å². The zero-order valence-corrected chi connectivity index (χ0v) is 20.0. The van der Waals surface area contributed by atoms with E-state index in [1.54, 1.807) is 4.90 Å². The second kappa shape index (κ2) is 9.67. The minimum Gasteiger partial charge on any atom is -0.301 e. The van der Waals surface area contributed by atoms with Crippen molar-refractivity contribution in [3.05, 3.63) is 107 Å². The van der Waals surface area contributed by atoms with Crippen LogP contribution in [0.3, 0.4) is 0 Å². The van der Waals surface area contributed by atoms with Crippen LogP contribution in [0.15, 0.2) is 101 Å². The van der Waals surface area contributed by atoms with Gasteiger partial charge in [-0.15, -0.1) is 11.3 Å². The van der Waals surface area contributed by atoms with Gasteiger partial charge < -0.3 is 4.98 Å². The number of thioether (sulfide) groups is 1. The number of benzene rings is 3. The van der Waals surface area contributed by atoms with Crippen molar-refractivity contribution in [1.82, 2.24) is 9.97 Å². The van der Waals surface area contributed by atoms with Crippen LogP contribution < -0.4 is 10.5 Å². The first kappa shape index (κ1) is 22.1. The lowest BCUT2D eigenvalue weighted by Crippen LogP contribution is -2.27. The van der Waals surface area contributed by atoms with E-state index in [4.69, 9.17) is 0 Å². The van der Waals surface area contributed by atoms with Crippen molar-refractivity contribution < 1.29 is 4.79 Å². The zero-order chi connectivity index (χ0) is 23.5. The van der Waals surface area contributed by atoms with Gasteiger partial charge in [0.25, 0.3) is 5.56 Å². The van der Waals surface area contributed by atoms with E-state index in [2.05, 4.69) is 9.97 Å². The first-order valence-electron chi connectivity index (χ1n) is 10.8. The Morgan fingerprint density at radius 2 is 1.47 bits per heavy atom. The summed E-state index contributed by atoms with van der Waals surface area (Å²) in [6, 6.07) is 29.1. The summed E-state index contributed by atoms with van der Waals surface area (Å²) in [5.74, 6) is 0.0335. The second-order valence-electron chi connectivity index (χ2n) is 7.66. The molecule has 0 unspecified atom stereocenters. The number of anilines is 2. The molecule has 1 amide bonds. The highest BCUT2D eigenvalue weighted by atomic mass is 32.2. The minimum absolute atomic E-state index is 0.0996. The Bertz CT molecular complexity index is 1460. The molecule has 0 fully saturated rings. The normalized spacial score (nSPS) is 11.0. The summed E-state index contributed by atoms with van der Waals surface area (Å²) < 4.78 is 0. The van der Waals surface area contributed by atoms with Gasteiger partial charge in [0.05, 0.1) is 11.1 Å². The number of hydrogen-bond acceptors (Lipinski definition) is 5. The maximum absolute atomic E-state index is 13.3. The highest BCUT2D eigenvalue weighted by molar-refractivity contribution is 7.99. The number of nitrogens with one attached hydrogen (secondary N) is 1. The molecule has 0 spiro atoms. The molecule has 2 heterocycles.